The van der Waals surface area contributed by atoms with Crippen LogP contribution in [0.1, 0.15) is 91.0 Å². The molecule has 1 heteroatoms. The molecule has 0 aliphatic rings. The molecule has 2 aromatic rings. The van der Waals surface area contributed by atoms with Gasteiger partial charge in [0.25, 0.3) is 0 Å². The fraction of sp³-hybridized carbons (Fsp3) is 0.571. The molecule has 0 heterocycles. The van der Waals surface area contributed by atoms with Crippen LogP contribution in [0.2, 0.25) is 0 Å². The number of rotatable bonds is 14. The Hall–Kier alpha value is -1.76. The third-order valence-electron chi connectivity index (χ3n) is 6.05. The van der Waals surface area contributed by atoms with Gasteiger partial charge in [0.1, 0.15) is 5.75 Å². The quantitative estimate of drug-likeness (QED) is 0.291. The minimum Gasteiger partial charge on any atom is -0.491 e. The molecule has 1 nitrogen and oxygen atoms in total. The van der Waals surface area contributed by atoms with Crippen LogP contribution < -0.4 is 4.74 Å². The molecule has 0 amide bonds. The highest BCUT2D eigenvalue weighted by atomic mass is 16.5. The number of aryl methyl sites for hydroxylation is 1. The molecule has 0 aliphatic heterocycles. The van der Waals surface area contributed by atoms with Crippen molar-refractivity contribution < 1.29 is 4.74 Å². The molecule has 0 spiro atoms. The molecule has 0 saturated heterocycles. The van der Waals surface area contributed by atoms with E-state index in [2.05, 4.69) is 76.2 Å². The van der Waals surface area contributed by atoms with E-state index in [1.54, 1.807) is 0 Å². The van der Waals surface area contributed by atoms with E-state index >= 15 is 0 Å². The Bertz CT molecular complexity index is 656. The van der Waals surface area contributed by atoms with Crippen LogP contribution in [-0.2, 0) is 6.42 Å². The van der Waals surface area contributed by atoms with Crippen molar-refractivity contribution in [2.45, 2.75) is 98.0 Å². The monoisotopic (exact) mass is 394 g/mol. The van der Waals surface area contributed by atoms with Crippen molar-refractivity contribution in [3.63, 3.8) is 0 Å². The van der Waals surface area contributed by atoms with E-state index in [-0.39, 0.29) is 6.10 Å². The Morgan fingerprint density at radius 1 is 0.690 bits per heavy atom. The molecule has 0 saturated carbocycles. The molecule has 2 atom stereocenters. The van der Waals surface area contributed by atoms with Gasteiger partial charge in [-0.15, -0.1) is 0 Å². The second kappa shape index (κ2) is 13.5. The summed E-state index contributed by atoms with van der Waals surface area (Å²) in [6.07, 6.45) is 13.1. The summed E-state index contributed by atoms with van der Waals surface area (Å²) in [6, 6.07) is 17.7. The second-order valence-electron chi connectivity index (χ2n) is 8.76. The summed E-state index contributed by atoms with van der Waals surface area (Å²) in [6.45, 7) is 9.09. The standard InChI is InChI=1S/C28H42O/c1-5-7-8-9-13-24(4)29-28-21-19-27(20-22-28)26-17-15-25(16-18-26)14-11-10-12-23(3)6-2/h15-24H,5-14H2,1-4H3/t23-,24+/m0/s1. The molecular weight excluding hydrogens is 352 g/mol. The van der Waals surface area contributed by atoms with Gasteiger partial charge in [0.2, 0.25) is 0 Å². The maximum atomic E-state index is 6.08. The van der Waals surface area contributed by atoms with Crippen LogP contribution >= 0.6 is 0 Å². The molecule has 160 valence electrons. The first-order valence-electron chi connectivity index (χ1n) is 12.0. The highest BCUT2D eigenvalue weighted by Gasteiger charge is 2.05. The van der Waals surface area contributed by atoms with E-state index < -0.39 is 0 Å². The second-order valence-corrected chi connectivity index (χ2v) is 8.76. The zero-order valence-corrected chi connectivity index (χ0v) is 19.3. The van der Waals surface area contributed by atoms with Gasteiger partial charge in [-0.25, -0.2) is 0 Å². The number of unbranched alkanes of at least 4 members (excludes halogenated alkanes) is 4. The highest BCUT2D eigenvalue weighted by molar-refractivity contribution is 5.64. The number of hydrogen-bond donors (Lipinski definition) is 0. The largest absolute Gasteiger partial charge is 0.491 e. The van der Waals surface area contributed by atoms with Crippen LogP contribution in [-0.4, -0.2) is 6.10 Å². The molecule has 0 aromatic heterocycles. The van der Waals surface area contributed by atoms with Crippen LogP contribution in [0.5, 0.6) is 5.75 Å². The summed E-state index contributed by atoms with van der Waals surface area (Å²) in [4.78, 5) is 0. The van der Waals surface area contributed by atoms with Gasteiger partial charge in [0.05, 0.1) is 6.10 Å². The lowest BCUT2D eigenvalue weighted by Gasteiger charge is -2.15. The molecule has 0 radical (unpaired) electrons. The smallest absolute Gasteiger partial charge is 0.119 e. The Balaban J connectivity index is 1.78. The number of ether oxygens (including phenoxy) is 1. The maximum Gasteiger partial charge on any atom is 0.119 e. The van der Waals surface area contributed by atoms with Crippen LogP contribution in [0.15, 0.2) is 48.5 Å². The summed E-state index contributed by atoms with van der Waals surface area (Å²) in [5, 5.41) is 0. The first-order valence-corrected chi connectivity index (χ1v) is 12.0. The molecule has 2 rings (SSSR count). The van der Waals surface area contributed by atoms with Crippen molar-refractivity contribution in [2.24, 2.45) is 5.92 Å². The van der Waals surface area contributed by atoms with Gasteiger partial charge in [-0.1, -0.05) is 95.7 Å². The minimum absolute atomic E-state index is 0.289. The van der Waals surface area contributed by atoms with Gasteiger partial charge in [0.15, 0.2) is 0 Å². The first kappa shape index (κ1) is 23.5. The first-order chi connectivity index (χ1) is 14.1. The maximum absolute atomic E-state index is 6.08. The Morgan fingerprint density at radius 2 is 1.31 bits per heavy atom. The van der Waals surface area contributed by atoms with Crippen LogP contribution in [0.25, 0.3) is 11.1 Å². The Labute approximate surface area is 179 Å². The van der Waals surface area contributed by atoms with Gasteiger partial charge in [-0.2, -0.15) is 0 Å². The van der Waals surface area contributed by atoms with Gasteiger partial charge in [-0.05, 0) is 67.3 Å². The van der Waals surface area contributed by atoms with Crippen LogP contribution in [0.3, 0.4) is 0 Å². The Kier molecular flexibility index (Phi) is 10.9. The van der Waals surface area contributed by atoms with Crippen molar-refractivity contribution in [3.8, 4) is 16.9 Å². The average Bonchev–Trinajstić information content (AvgIpc) is 2.75. The molecule has 0 fully saturated rings. The highest BCUT2D eigenvalue weighted by Crippen LogP contribution is 2.24. The van der Waals surface area contributed by atoms with Crippen LogP contribution in [0.4, 0.5) is 0 Å². The van der Waals surface area contributed by atoms with Crippen molar-refractivity contribution in [1.82, 2.24) is 0 Å². The SMILES string of the molecule is CCCCCC[C@@H](C)Oc1ccc(-c2ccc(CCCC[C@@H](C)CC)cc2)cc1. The number of benzene rings is 2. The predicted molar refractivity (Wildman–Crippen MR) is 128 cm³/mol. The van der Waals surface area contributed by atoms with Crippen molar-refractivity contribution >= 4 is 0 Å². The van der Waals surface area contributed by atoms with Crippen molar-refractivity contribution in [1.29, 1.82) is 0 Å². The lowest BCUT2D eigenvalue weighted by molar-refractivity contribution is 0.206. The normalized spacial score (nSPS) is 13.2. The van der Waals surface area contributed by atoms with Crippen LogP contribution in [0, 0.1) is 5.92 Å². The summed E-state index contributed by atoms with van der Waals surface area (Å²) >= 11 is 0. The van der Waals surface area contributed by atoms with Gasteiger partial charge >= 0.3 is 0 Å². The van der Waals surface area contributed by atoms with E-state index in [0.717, 1.165) is 18.1 Å². The molecule has 0 bridgehead atoms. The molecule has 29 heavy (non-hydrogen) atoms. The van der Waals surface area contributed by atoms with Crippen molar-refractivity contribution in [2.75, 3.05) is 0 Å². The zero-order valence-electron chi connectivity index (χ0n) is 19.3. The van der Waals surface area contributed by atoms with Crippen molar-refractivity contribution in [3.05, 3.63) is 54.1 Å². The Morgan fingerprint density at radius 3 is 1.93 bits per heavy atom. The van der Waals surface area contributed by atoms with Gasteiger partial charge in [-0.3, -0.25) is 0 Å². The topological polar surface area (TPSA) is 9.23 Å². The average molecular weight is 395 g/mol. The van der Waals surface area contributed by atoms with E-state index in [0.29, 0.717) is 0 Å². The summed E-state index contributed by atoms with van der Waals surface area (Å²) in [5.41, 5.74) is 4.00. The zero-order chi connectivity index (χ0) is 20.9. The fourth-order valence-corrected chi connectivity index (χ4v) is 3.77. The predicted octanol–water partition coefficient (Wildman–Crippen LogP) is 8.85. The lowest BCUT2D eigenvalue weighted by atomic mass is 9.98. The lowest BCUT2D eigenvalue weighted by Crippen LogP contribution is -2.11. The molecule has 0 aliphatic carbocycles. The molecule has 0 N–H and O–H groups in total. The minimum atomic E-state index is 0.289. The van der Waals surface area contributed by atoms with E-state index in [1.807, 2.05) is 0 Å². The third-order valence-corrected chi connectivity index (χ3v) is 6.05. The third kappa shape index (κ3) is 9.07. The number of hydrogen-bond acceptors (Lipinski definition) is 1. The molecule has 0 unspecified atom stereocenters. The van der Waals surface area contributed by atoms with Gasteiger partial charge in [0, 0.05) is 0 Å². The summed E-state index contributed by atoms with van der Waals surface area (Å²) < 4.78 is 6.08. The van der Waals surface area contributed by atoms with E-state index in [9.17, 15) is 0 Å². The molecular formula is C28H42O. The van der Waals surface area contributed by atoms with Gasteiger partial charge < -0.3 is 4.74 Å². The summed E-state index contributed by atoms with van der Waals surface area (Å²) in [7, 11) is 0. The van der Waals surface area contributed by atoms with E-state index in [4.69, 9.17) is 4.74 Å². The molecule has 2 aromatic carbocycles. The summed E-state index contributed by atoms with van der Waals surface area (Å²) in [5.74, 6) is 1.85. The van der Waals surface area contributed by atoms with E-state index in [1.165, 1.54) is 74.5 Å². The fourth-order valence-electron chi connectivity index (χ4n) is 3.77.